The van der Waals surface area contributed by atoms with Gasteiger partial charge in [0.15, 0.2) is 5.82 Å². The summed E-state index contributed by atoms with van der Waals surface area (Å²) in [4.78, 5) is 26.0. The highest BCUT2D eigenvalue weighted by molar-refractivity contribution is 7.91. The van der Waals surface area contributed by atoms with Gasteiger partial charge in [0.25, 0.3) is 15.9 Å². The van der Waals surface area contributed by atoms with Crippen LogP contribution < -0.4 is 16.4 Å². The summed E-state index contributed by atoms with van der Waals surface area (Å²) in [7, 11) is -3.55. The second-order valence-electron chi connectivity index (χ2n) is 9.30. The number of carbonyl (C=O) groups excluding carboxylic acids is 1. The molecule has 2 fully saturated rings. The number of anilines is 2. The zero-order chi connectivity index (χ0) is 26.2. The lowest BCUT2D eigenvalue weighted by molar-refractivity contribution is -0.00343. The summed E-state index contributed by atoms with van der Waals surface area (Å²) < 4.78 is 35.1. The van der Waals surface area contributed by atoms with Gasteiger partial charge < -0.3 is 25.7 Å². The van der Waals surface area contributed by atoms with Gasteiger partial charge in [-0.1, -0.05) is 0 Å². The van der Waals surface area contributed by atoms with Gasteiger partial charge in [0.2, 0.25) is 0 Å². The van der Waals surface area contributed by atoms with Crippen LogP contribution in [0.1, 0.15) is 48.9 Å². The van der Waals surface area contributed by atoms with E-state index in [1.54, 1.807) is 12.3 Å². The Morgan fingerprint density at radius 1 is 1.27 bits per heavy atom. The van der Waals surface area contributed by atoms with Crippen LogP contribution in [0.3, 0.4) is 0 Å². The van der Waals surface area contributed by atoms with Gasteiger partial charge in [0.1, 0.15) is 11.6 Å². The van der Waals surface area contributed by atoms with Crippen molar-refractivity contribution in [2.45, 2.75) is 44.0 Å². The van der Waals surface area contributed by atoms with Crippen molar-refractivity contribution in [1.82, 2.24) is 24.8 Å². The molecule has 0 aromatic carbocycles. The predicted molar refractivity (Wildman–Crippen MR) is 140 cm³/mol. The van der Waals surface area contributed by atoms with Crippen molar-refractivity contribution in [3.63, 3.8) is 0 Å². The van der Waals surface area contributed by atoms with Gasteiger partial charge in [-0.15, -0.1) is 0 Å². The predicted octanol–water partition coefficient (Wildman–Crippen LogP) is 2.14. The number of amides is 1. The van der Waals surface area contributed by atoms with E-state index in [4.69, 9.17) is 10.5 Å². The lowest BCUT2D eigenvalue weighted by Gasteiger charge is -2.26. The zero-order valence-electron chi connectivity index (χ0n) is 20.5. The fourth-order valence-corrected chi connectivity index (χ4v) is 5.02. The van der Waals surface area contributed by atoms with E-state index in [1.807, 2.05) is 30.7 Å². The van der Waals surface area contributed by atoms with Gasteiger partial charge in [0, 0.05) is 42.3 Å². The van der Waals surface area contributed by atoms with Crippen LogP contribution in [0.4, 0.5) is 11.6 Å². The molecule has 5 rings (SSSR count). The van der Waals surface area contributed by atoms with E-state index in [0.29, 0.717) is 43.3 Å². The molecule has 4 heterocycles. The minimum absolute atomic E-state index is 0.0251. The van der Waals surface area contributed by atoms with Crippen LogP contribution in [0, 0.1) is 0 Å². The van der Waals surface area contributed by atoms with Gasteiger partial charge in [0.05, 0.1) is 47.4 Å². The molecule has 1 aliphatic heterocycles. The third-order valence-electron chi connectivity index (χ3n) is 6.13. The lowest BCUT2D eigenvalue weighted by atomic mass is 10.2. The monoisotopic (exact) mass is 524 g/mol. The molecule has 0 unspecified atom stereocenters. The van der Waals surface area contributed by atoms with Crippen LogP contribution >= 0.6 is 0 Å². The van der Waals surface area contributed by atoms with Crippen molar-refractivity contribution in [3.8, 4) is 0 Å². The fourth-order valence-electron chi connectivity index (χ4n) is 3.86. The summed E-state index contributed by atoms with van der Waals surface area (Å²) in [6, 6.07) is 3.64. The summed E-state index contributed by atoms with van der Waals surface area (Å²) in [5.41, 5.74) is 7.37. The Morgan fingerprint density at radius 3 is 2.70 bits per heavy atom. The number of fused-ring (bicyclic) bond motifs is 1. The smallest absolute Gasteiger partial charge is 0.255 e. The largest absolute Gasteiger partial charge is 0.404 e. The van der Waals surface area contributed by atoms with Crippen molar-refractivity contribution < 1.29 is 17.9 Å². The number of hydrogen-bond donors (Lipinski definition) is 3. The first kappa shape index (κ1) is 24.8. The van der Waals surface area contributed by atoms with Crippen LogP contribution in [0.5, 0.6) is 0 Å². The Morgan fingerprint density at radius 2 is 2.05 bits per heavy atom. The fraction of sp³-hybridized carbons (Fsp3) is 0.375. The summed E-state index contributed by atoms with van der Waals surface area (Å²) in [6.07, 6.45) is 8.66. The zero-order valence-corrected chi connectivity index (χ0v) is 21.3. The van der Waals surface area contributed by atoms with Crippen molar-refractivity contribution >= 4 is 50.3 Å². The van der Waals surface area contributed by atoms with Gasteiger partial charge in [-0.05, 0) is 32.8 Å². The second-order valence-corrected chi connectivity index (χ2v) is 11.2. The number of sulfonamides is 1. The van der Waals surface area contributed by atoms with E-state index in [9.17, 15) is 13.2 Å². The molecule has 0 atom stereocenters. The SMILES string of the molecule is CC(C)n1cc(C(=O)NC2COC2)c2cnc(Nc3ccnc(/C(C=NS(=O)(=O)C4CC4)=C/N)n3)cc21. The Balaban J connectivity index is 1.39. The summed E-state index contributed by atoms with van der Waals surface area (Å²) >= 11 is 0. The Hall–Kier alpha value is -3.84. The van der Waals surface area contributed by atoms with E-state index in [-0.39, 0.29) is 29.4 Å². The minimum atomic E-state index is -3.55. The second kappa shape index (κ2) is 9.90. The molecular weight excluding hydrogens is 496 g/mol. The standard InChI is InChI=1S/C24H28N8O4S/c1-14(2)32-11-19(24(33)29-16-12-36-13-16)18-10-27-22(7-20(18)32)30-21-5-6-26-23(31-21)15(8-25)9-28-37(34,35)17-3-4-17/h5-11,14,16-17H,3-4,12-13,25H2,1-2H3,(H,29,33)(H,26,27,30,31)/b15-8+,28-9?. The number of aromatic nitrogens is 4. The average molecular weight is 525 g/mol. The molecule has 0 spiro atoms. The van der Waals surface area contributed by atoms with Gasteiger partial charge >= 0.3 is 0 Å². The molecular formula is C24H28N8O4S. The van der Waals surface area contributed by atoms with Crippen molar-refractivity contribution in [1.29, 1.82) is 0 Å². The number of pyridine rings is 1. The molecule has 1 saturated carbocycles. The first-order valence-electron chi connectivity index (χ1n) is 12.0. The normalized spacial score (nSPS) is 16.9. The lowest BCUT2D eigenvalue weighted by Crippen LogP contribution is -2.48. The first-order chi connectivity index (χ1) is 17.7. The number of ether oxygens (including phenoxy) is 1. The molecule has 0 bridgehead atoms. The average Bonchev–Trinajstić information content (AvgIpc) is 3.64. The molecule has 2 aliphatic rings. The number of hydrogen-bond acceptors (Lipinski definition) is 9. The van der Waals surface area contributed by atoms with Crippen LogP contribution in [-0.2, 0) is 14.8 Å². The van der Waals surface area contributed by atoms with Crippen LogP contribution in [0.25, 0.3) is 16.5 Å². The maximum Gasteiger partial charge on any atom is 0.255 e. The number of nitrogens with one attached hydrogen (secondary N) is 2. The highest BCUT2D eigenvalue weighted by Gasteiger charge is 2.35. The van der Waals surface area contributed by atoms with E-state index in [2.05, 4.69) is 30.0 Å². The van der Waals surface area contributed by atoms with E-state index in [1.165, 1.54) is 18.6 Å². The molecule has 194 valence electrons. The molecule has 4 N–H and O–H groups in total. The molecule has 3 aromatic heterocycles. The number of nitrogens with two attached hydrogens (primary N) is 1. The van der Waals surface area contributed by atoms with E-state index in [0.717, 1.165) is 10.9 Å². The molecule has 12 nitrogen and oxygen atoms in total. The van der Waals surface area contributed by atoms with E-state index >= 15 is 0 Å². The molecule has 1 aliphatic carbocycles. The maximum atomic E-state index is 12.9. The van der Waals surface area contributed by atoms with Crippen molar-refractivity contribution in [3.05, 3.63) is 48.3 Å². The van der Waals surface area contributed by atoms with Gasteiger partial charge in [-0.25, -0.2) is 23.4 Å². The summed E-state index contributed by atoms with van der Waals surface area (Å²) in [5.74, 6) is 1.000. The quantitative estimate of drug-likeness (QED) is 0.355. The third-order valence-corrected chi connectivity index (χ3v) is 7.84. The van der Waals surface area contributed by atoms with Crippen LogP contribution in [0.15, 0.2) is 41.3 Å². The summed E-state index contributed by atoms with van der Waals surface area (Å²) in [6.45, 7) is 5.11. The topological polar surface area (TPSA) is 166 Å². The van der Waals surface area contributed by atoms with Gasteiger partial charge in [-0.3, -0.25) is 4.79 Å². The van der Waals surface area contributed by atoms with Crippen molar-refractivity contribution in [2.75, 3.05) is 18.5 Å². The molecule has 1 saturated heterocycles. The molecule has 13 heteroatoms. The van der Waals surface area contributed by atoms with Crippen molar-refractivity contribution in [2.24, 2.45) is 10.1 Å². The number of allylic oxidation sites excluding steroid dienone is 1. The molecule has 3 aromatic rings. The van der Waals surface area contributed by atoms with Crippen LogP contribution in [-0.4, -0.2) is 64.6 Å². The third kappa shape index (κ3) is 5.32. The van der Waals surface area contributed by atoms with E-state index < -0.39 is 15.3 Å². The number of nitrogens with zero attached hydrogens (tertiary/aromatic N) is 5. The highest BCUT2D eigenvalue weighted by Crippen LogP contribution is 2.30. The molecule has 0 radical (unpaired) electrons. The number of carbonyl (C=O) groups is 1. The first-order valence-corrected chi connectivity index (χ1v) is 13.5. The Labute approximate surface area is 214 Å². The maximum absolute atomic E-state index is 12.9. The summed E-state index contributed by atoms with van der Waals surface area (Å²) in [5, 5.41) is 6.45. The van der Waals surface area contributed by atoms with Gasteiger partial charge in [-0.2, -0.15) is 4.40 Å². The highest BCUT2D eigenvalue weighted by atomic mass is 32.2. The Kier molecular flexibility index (Phi) is 6.65. The Bertz CT molecular complexity index is 1500. The van der Waals surface area contributed by atoms with Crippen LogP contribution in [0.2, 0.25) is 0 Å². The molecule has 37 heavy (non-hydrogen) atoms. The number of rotatable bonds is 9. The minimum Gasteiger partial charge on any atom is -0.404 e. The molecule has 1 amide bonds.